The van der Waals surface area contributed by atoms with E-state index in [-0.39, 0.29) is 5.78 Å². The fraction of sp³-hybridized carbons (Fsp3) is 0.176. The van der Waals surface area contributed by atoms with E-state index in [4.69, 9.17) is 9.47 Å². The van der Waals surface area contributed by atoms with Crippen molar-refractivity contribution in [1.29, 1.82) is 5.26 Å². The lowest BCUT2D eigenvalue weighted by Crippen LogP contribution is -2.25. The molecule has 104 valence electrons. The zero-order chi connectivity index (χ0) is 14.9. The number of ether oxygens (including phenoxy) is 2. The van der Waals surface area contributed by atoms with Gasteiger partial charge in [0.25, 0.3) is 0 Å². The van der Waals surface area contributed by atoms with Gasteiger partial charge in [0.15, 0.2) is 11.4 Å². The smallest absolute Gasteiger partial charge is 0.178 e. The van der Waals surface area contributed by atoms with Crippen molar-refractivity contribution in [3.05, 3.63) is 59.7 Å². The molecule has 0 bridgehead atoms. The average molecular weight is 279 g/mol. The molecule has 21 heavy (non-hydrogen) atoms. The third kappa shape index (κ3) is 2.34. The highest BCUT2D eigenvalue weighted by atomic mass is 16.5. The summed E-state index contributed by atoms with van der Waals surface area (Å²) in [6.45, 7) is 0. The second kappa shape index (κ2) is 4.95. The van der Waals surface area contributed by atoms with Gasteiger partial charge in [0, 0.05) is 12.0 Å². The lowest BCUT2D eigenvalue weighted by atomic mass is 9.92. The molecule has 1 spiro atoms. The van der Waals surface area contributed by atoms with Gasteiger partial charge in [-0.3, -0.25) is 4.79 Å². The van der Waals surface area contributed by atoms with Crippen LogP contribution in [0.25, 0.3) is 5.76 Å². The zero-order valence-corrected chi connectivity index (χ0v) is 11.5. The number of methoxy groups -OCH3 is 1. The summed E-state index contributed by atoms with van der Waals surface area (Å²) in [5.41, 5.74) is 0.630. The van der Waals surface area contributed by atoms with Crippen LogP contribution in [-0.4, -0.2) is 18.5 Å². The number of allylic oxidation sites excluding steroid dienone is 2. The van der Waals surface area contributed by atoms with Gasteiger partial charge >= 0.3 is 0 Å². The van der Waals surface area contributed by atoms with Gasteiger partial charge in [0.2, 0.25) is 0 Å². The lowest BCUT2D eigenvalue weighted by molar-refractivity contribution is -0.110. The summed E-state index contributed by atoms with van der Waals surface area (Å²) in [6.07, 6.45) is 6.79. The molecular formula is C17H13NO3. The summed E-state index contributed by atoms with van der Waals surface area (Å²) in [5.74, 6) is 1.17. The van der Waals surface area contributed by atoms with Crippen LogP contribution in [0.3, 0.4) is 0 Å². The van der Waals surface area contributed by atoms with E-state index < -0.39 is 5.60 Å². The predicted molar refractivity (Wildman–Crippen MR) is 77.2 cm³/mol. The van der Waals surface area contributed by atoms with Crippen LogP contribution in [0, 0.1) is 11.3 Å². The van der Waals surface area contributed by atoms with Gasteiger partial charge in [0.05, 0.1) is 18.8 Å². The second-order valence-corrected chi connectivity index (χ2v) is 4.95. The first kappa shape index (κ1) is 13.2. The fourth-order valence-electron chi connectivity index (χ4n) is 2.48. The Morgan fingerprint density at radius 2 is 2.10 bits per heavy atom. The molecule has 3 rings (SSSR count). The topological polar surface area (TPSA) is 59.3 Å². The standard InChI is InChI=1S/C17H13NO3/c1-20-15-4-2-3-12(9-15)16-13(11-18)10-17(21-16)7-5-14(19)6-8-17/h2-9H,10H2,1H3. The molecule has 2 aliphatic rings. The minimum atomic E-state index is -0.725. The second-order valence-electron chi connectivity index (χ2n) is 4.95. The van der Waals surface area contributed by atoms with Gasteiger partial charge in [-0.05, 0) is 36.4 Å². The van der Waals surface area contributed by atoms with Crippen LogP contribution in [0.15, 0.2) is 54.1 Å². The van der Waals surface area contributed by atoms with Crippen LogP contribution in [0.4, 0.5) is 0 Å². The molecule has 0 aromatic heterocycles. The van der Waals surface area contributed by atoms with E-state index >= 15 is 0 Å². The van der Waals surface area contributed by atoms with Gasteiger partial charge in [0.1, 0.15) is 11.5 Å². The monoisotopic (exact) mass is 279 g/mol. The molecule has 0 amide bonds. The van der Waals surface area contributed by atoms with Gasteiger partial charge in [-0.1, -0.05) is 12.1 Å². The van der Waals surface area contributed by atoms with E-state index in [1.165, 1.54) is 12.2 Å². The van der Waals surface area contributed by atoms with E-state index in [0.717, 1.165) is 5.56 Å². The highest BCUT2D eigenvalue weighted by Crippen LogP contribution is 2.42. The van der Waals surface area contributed by atoms with Crippen molar-refractivity contribution in [2.75, 3.05) is 7.11 Å². The molecular weight excluding hydrogens is 266 g/mol. The maximum atomic E-state index is 11.3. The summed E-state index contributed by atoms with van der Waals surface area (Å²) in [6, 6.07) is 9.57. The third-order valence-electron chi connectivity index (χ3n) is 3.55. The summed E-state index contributed by atoms with van der Waals surface area (Å²) < 4.78 is 11.2. The Kier molecular flexibility index (Phi) is 3.11. The van der Waals surface area contributed by atoms with Crippen LogP contribution in [-0.2, 0) is 9.53 Å². The molecule has 0 N–H and O–H groups in total. The predicted octanol–water partition coefficient (Wildman–Crippen LogP) is 2.78. The van der Waals surface area contributed by atoms with Gasteiger partial charge in [-0.25, -0.2) is 0 Å². The Bertz CT molecular complexity index is 719. The van der Waals surface area contributed by atoms with Crippen LogP contribution < -0.4 is 4.74 Å². The van der Waals surface area contributed by atoms with Crippen LogP contribution in [0.1, 0.15) is 12.0 Å². The molecule has 1 aromatic rings. The van der Waals surface area contributed by atoms with Crippen LogP contribution in [0.2, 0.25) is 0 Å². The normalized spacial score (nSPS) is 18.8. The number of hydrogen-bond donors (Lipinski definition) is 0. The molecule has 0 fully saturated rings. The van der Waals surface area contributed by atoms with Crippen molar-refractivity contribution >= 4 is 11.5 Å². The maximum Gasteiger partial charge on any atom is 0.178 e. The summed E-state index contributed by atoms with van der Waals surface area (Å²) in [5, 5.41) is 9.36. The Balaban J connectivity index is 1.98. The molecule has 4 nitrogen and oxygen atoms in total. The van der Waals surface area contributed by atoms with E-state index in [0.29, 0.717) is 23.5 Å². The number of nitriles is 1. The lowest BCUT2D eigenvalue weighted by Gasteiger charge is -2.24. The number of carbonyl (C=O) groups is 1. The van der Waals surface area contributed by atoms with Crippen molar-refractivity contribution in [1.82, 2.24) is 0 Å². The molecule has 0 radical (unpaired) electrons. The van der Waals surface area contributed by atoms with Crippen molar-refractivity contribution in [2.45, 2.75) is 12.0 Å². The largest absolute Gasteiger partial charge is 0.497 e. The molecule has 4 heteroatoms. The Morgan fingerprint density at radius 1 is 1.33 bits per heavy atom. The third-order valence-corrected chi connectivity index (χ3v) is 3.55. The quantitative estimate of drug-likeness (QED) is 0.835. The summed E-state index contributed by atoms with van der Waals surface area (Å²) in [4.78, 5) is 11.3. The van der Waals surface area contributed by atoms with Crippen molar-refractivity contribution in [3.63, 3.8) is 0 Å². The van der Waals surface area contributed by atoms with E-state index in [9.17, 15) is 10.1 Å². The van der Waals surface area contributed by atoms with Crippen molar-refractivity contribution in [3.8, 4) is 11.8 Å². The first-order valence-electron chi connectivity index (χ1n) is 6.55. The molecule has 0 saturated carbocycles. The van der Waals surface area contributed by atoms with E-state index in [1.54, 1.807) is 19.3 Å². The highest BCUT2D eigenvalue weighted by molar-refractivity contribution is 6.00. The molecule has 1 aromatic carbocycles. The number of carbonyl (C=O) groups excluding carboxylic acids is 1. The number of nitrogens with zero attached hydrogens (tertiary/aromatic N) is 1. The Morgan fingerprint density at radius 3 is 2.76 bits per heavy atom. The molecule has 0 saturated heterocycles. The maximum absolute atomic E-state index is 11.3. The van der Waals surface area contributed by atoms with Crippen LogP contribution >= 0.6 is 0 Å². The molecule has 0 atom stereocenters. The molecule has 1 heterocycles. The van der Waals surface area contributed by atoms with Gasteiger partial charge < -0.3 is 9.47 Å². The molecule has 1 aliphatic carbocycles. The average Bonchev–Trinajstić information content (AvgIpc) is 2.89. The minimum absolute atomic E-state index is 0.0717. The molecule has 0 unspecified atom stereocenters. The number of ketones is 1. The fourth-order valence-corrected chi connectivity index (χ4v) is 2.48. The zero-order valence-electron chi connectivity index (χ0n) is 11.5. The molecule has 1 aliphatic heterocycles. The number of hydrogen-bond acceptors (Lipinski definition) is 4. The van der Waals surface area contributed by atoms with Crippen molar-refractivity contribution in [2.24, 2.45) is 0 Å². The highest BCUT2D eigenvalue weighted by Gasteiger charge is 2.38. The number of rotatable bonds is 2. The summed E-state index contributed by atoms with van der Waals surface area (Å²) in [7, 11) is 1.59. The Hall–Kier alpha value is -2.80. The van der Waals surface area contributed by atoms with Crippen LogP contribution in [0.5, 0.6) is 5.75 Å². The number of benzene rings is 1. The summed E-state index contributed by atoms with van der Waals surface area (Å²) >= 11 is 0. The van der Waals surface area contributed by atoms with Crippen molar-refractivity contribution < 1.29 is 14.3 Å². The first-order chi connectivity index (χ1) is 10.2. The Labute approximate surface area is 122 Å². The minimum Gasteiger partial charge on any atom is -0.497 e. The first-order valence-corrected chi connectivity index (χ1v) is 6.55. The van der Waals surface area contributed by atoms with E-state index in [2.05, 4.69) is 6.07 Å². The van der Waals surface area contributed by atoms with E-state index in [1.807, 2.05) is 24.3 Å². The van der Waals surface area contributed by atoms with Gasteiger partial charge in [-0.2, -0.15) is 5.26 Å². The SMILES string of the molecule is COc1cccc(C2=C(C#N)CC3(C=CC(=O)C=C3)O2)c1. The van der Waals surface area contributed by atoms with Gasteiger partial charge in [-0.15, -0.1) is 0 Å².